The van der Waals surface area contributed by atoms with Crippen LogP contribution in [0.4, 0.5) is 4.39 Å². The van der Waals surface area contributed by atoms with Crippen molar-refractivity contribution in [3.63, 3.8) is 0 Å². The summed E-state index contributed by atoms with van der Waals surface area (Å²) >= 11 is 5.91. The van der Waals surface area contributed by atoms with E-state index in [0.717, 1.165) is 6.07 Å². The van der Waals surface area contributed by atoms with Crippen LogP contribution in [0.1, 0.15) is 25.3 Å². The van der Waals surface area contributed by atoms with E-state index >= 15 is 0 Å². The molecule has 2 N–H and O–H groups in total. The third kappa shape index (κ3) is 3.11. The molecule has 122 valence electrons. The Labute approximate surface area is 134 Å². The van der Waals surface area contributed by atoms with Crippen molar-refractivity contribution in [2.24, 2.45) is 11.7 Å². The quantitative estimate of drug-likeness (QED) is 0.907. The van der Waals surface area contributed by atoms with Gasteiger partial charge in [0.2, 0.25) is 15.9 Å². The normalized spacial score (nSPS) is 23.5. The van der Waals surface area contributed by atoms with Gasteiger partial charge in [0.1, 0.15) is 10.7 Å². The highest BCUT2D eigenvalue weighted by Crippen LogP contribution is 2.32. The summed E-state index contributed by atoms with van der Waals surface area (Å²) < 4.78 is 40.3. The fourth-order valence-electron chi connectivity index (χ4n) is 2.60. The van der Waals surface area contributed by atoms with Gasteiger partial charge in [-0.25, -0.2) is 12.8 Å². The summed E-state index contributed by atoms with van der Waals surface area (Å²) in [6, 6.07) is 1.93. The predicted molar refractivity (Wildman–Crippen MR) is 81.4 cm³/mol. The maximum Gasteiger partial charge on any atom is 0.244 e. The van der Waals surface area contributed by atoms with Crippen LogP contribution in [0, 0.1) is 18.7 Å². The fourth-order valence-corrected chi connectivity index (χ4v) is 4.88. The lowest BCUT2D eigenvalue weighted by atomic mass is 9.95. The van der Waals surface area contributed by atoms with Crippen molar-refractivity contribution >= 4 is 27.5 Å². The van der Waals surface area contributed by atoms with Crippen LogP contribution in [0.3, 0.4) is 0 Å². The second-order valence-electron chi connectivity index (χ2n) is 5.63. The van der Waals surface area contributed by atoms with Crippen molar-refractivity contribution in [3.8, 4) is 0 Å². The molecule has 1 aromatic carbocycles. The lowest BCUT2D eigenvalue weighted by Gasteiger charge is -2.36. The molecule has 0 unspecified atom stereocenters. The number of nitrogens with zero attached hydrogens (tertiary/aromatic N) is 1. The van der Waals surface area contributed by atoms with E-state index in [4.69, 9.17) is 17.3 Å². The minimum absolute atomic E-state index is 0.0194. The van der Waals surface area contributed by atoms with E-state index in [2.05, 4.69) is 0 Å². The summed E-state index contributed by atoms with van der Waals surface area (Å²) in [6.07, 6.45) is 1.09. The molecule has 1 aliphatic rings. The molecule has 1 saturated heterocycles. The summed E-state index contributed by atoms with van der Waals surface area (Å²) in [7, 11) is -3.92. The van der Waals surface area contributed by atoms with Crippen molar-refractivity contribution in [1.82, 2.24) is 4.31 Å². The zero-order valence-electron chi connectivity index (χ0n) is 12.3. The number of carbonyl (C=O) groups is 1. The van der Waals surface area contributed by atoms with Crippen molar-refractivity contribution in [2.75, 3.05) is 6.54 Å². The van der Waals surface area contributed by atoms with Crippen LogP contribution < -0.4 is 5.73 Å². The molecule has 8 heteroatoms. The molecule has 22 heavy (non-hydrogen) atoms. The standard InChI is InChI=1S/C14H18ClFN2O3S/c1-8-5-13(11(15)6-12(8)16)22(20,21)18-7-10(14(17)19)4-3-9(18)2/h5-6,9-10H,3-4,7H2,1-2H3,(H2,17,19)/t9-,10-/m0/s1. The van der Waals surface area contributed by atoms with E-state index in [-0.39, 0.29) is 28.1 Å². The van der Waals surface area contributed by atoms with E-state index in [1.165, 1.54) is 17.3 Å². The van der Waals surface area contributed by atoms with Gasteiger partial charge >= 0.3 is 0 Å². The lowest BCUT2D eigenvalue weighted by Crippen LogP contribution is -2.48. The number of carbonyl (C=O) groups excluding carboxylic acids is 1. The smallest absolute Gasteiger partial charge is 0.244 e. The number of primary amides is 1. The van der Waals surface area contributed by atoms with E-state index < -0.39 is 27.7 Å². The van der Waals surface area contributed by atoms with E-state index in [9.17, 15) is 17.6 Å². The van der Waals surface area contributed by atoms with E-state index in [1.54, 1.807) is 6.92 Å². The Kier molecular flexibility index (Phi) is 4.79. The topological polar surface area (TPSA) is 80.5 Å². The Hall–Kier alpha value is -1.18. The highest BCUT2D eigenvalue weighted by atomic mass is 35.5. The molecule has 5 nitrogen and oxygen atoms in total. The molecule has 1 aliphatic heterocycles. The molecule has 0 saturated carbocycles. The van der Waals surface area contributed by atoms with E-state index in [0.29, 0.717) is 12.8 Å². The second kappa shape index (κ2) is 6.14. The van der Waals surface area contributed by atoms with Crippen LogP contribution in [0.2, 0.25) is 5.02 Å². The molecule has 0 bridgehead atoms. The van der Waals surface area contributed by atoms with Gasteiger partial charge in [0.25, 0.3) is 0 Å². The molecule has 1 heterocycles. The van der Waals surface area contributed by atoms with Gasteiger partial charge in [0.15, 0.2) is 0 Å². The monoisotopic (exact) mass is 348 g/mol. The van der Waals surface area contributed by atoms with Gasteiger partial charge in [-0.15, -0.1) is 0 Å². The summed E-state index contributed by atoms with van der Waals surface area (Å²) in [5.41, 5.74) is 5.49. The van der Waals surface area contributed by atoms with Gasteiger partial charge < -0.3 is 5.73 Å². The van der Waals surface area contributed by atoms with Crippen LogP contribution in [0.5, 0.6) is 0 Å². The Morgan fingerprint density at radius 2 is 2.05 bits per heavy atom. The first-order chi connectivity index (χ1) is 10.1. The first-order valence-electron chi connectivity index (χ1n) is 6.91. The molecule has 1 fully saturated rings. The molecule has 0 aromatic heterocycles. The van der Waals surface area contributed by atoms with Gasteiger partial charge in [-0.2, -0.15) is 4.31 Å². The number of rotatable bonds is 3. The third-order valence-electron chi connectivity index (χ3n) is 4.03. The predicted octanol–water partition coefficient (Wildman–Crippen LogP) is 2.06. The van der Waals surface area contributed by atoms with Crippen molar-refractivity contribution in [1.29, 1.82) is 0 Å². The fraction of sp³-hybridized carbons (Fsp3) is 0.500. The number of hydrogen-bond acceptors (Lipinski definition) is 3. The molecule has 1 amide bonds. The Morgan fingerprint density at radius 1 is 1.41 bits per heavy atom. The molecule has 2 atom stereocenters. The number of aryl methyl sites for hydroxylation is 1. The van der Waals surface area contributed by atoms with Crippen molar-refractivity contribution < 1.29 is 17.6 Å². The molecule has 2 rings (SSSR count). The Bertz CT molecular complexity index is 708. The largest absolute Gasteiger partial charge is 0.369 e. The van der Waals surface area contributed by atoms with Crippen LogP contribution in [-0.2, 0) is 14.8 Å². The van der Waals surface area contributed by atoms with Crippen LogP contribution >= 0.6 is 11.6 Å². The number of amides is 1. The summed E-state index contributed by atoms with van der Waals surface area (Å²) in [4.78, 5) is 11.2. The van der Waals surface area contributed by atoms with Gasteiger partial charge in [-0.1, -0.05) is 11.6 Å². The summed E-state index contributed by atoms with van der Waals surface area (Å²) in [5.74, 6) is -1.61. The SMILES string of the molecule is Cc1cc(S(=O)(=O)N2C[C@@H](C(N)=O)CC[C@@H]2C)c(Cl)cc1F. The molecule has 0 aliphatic carbocycles. The summed E-state index contributed by atoms with van der Waals surface area (Å²) in [5, 5.41) is -0.170. The van der Waals surface area contributed by atoms with Gasteiger partial charge in [-0.05, 0) is 44.4 Å². The van der Waals surface area contributed by atoms with Crippen molar-refractivity contribution in [3.05, 3.63) is 28.5 Å². The van der Waals surface area contributed by atoms with Gasteiger partial charge in [0, 0.05) is 12.6 Å². The van der Waals surface area contributed by atoms with Crippen LogP contribution in [-0.4, -0.2) is 31.2 Å². The second-order valence-corrected chi connectivity index (χ2v) is 7.90. The number of sulfonamides is 1. The minimum atomic E-state index is -3.92. The van der Waals surface area contributed by atoms with E-state index in [1.807, 2.05) is 0 Å². The average Bonchev–Trinajstić information content (AvgIpc) is 2.42. The molecular weight excluding hydrogens is 331 g/mol. The van der Waals surface area contributed by atoms with Gasteiger partial charge in [0.05, 0.1) is 10.9 Å². The molecule has 0 radical (unpaired) electrons. The minimum Gasteiger partial charge on any atom is -0.369 e. The van der Waals surface area contributed by atoms with Crippen LogP contribution in [0.25, 0.3) is 0 Å². The number of halogens is 2. The Morgan fingerprint density at radius 3 is 2.64 bits per heavy atom. The highest BCUT2D eigenvalue weighted by molar-refractivity contribution is 7.89. The average molecular weight is 349 g/mol. The molecule has 1 aromatic rings. The number of nitrogens with two attached hydrogens (primary N) is 1. The highest BCUT2D eigenvalue weighted by Gasteiger charge is 2.37. The summed E-state index contributed by atoms with van der Waals surface area (Å²) in [6.45, 7) is 3.25. The maximum atomic E-state index is 13.5. The van der Waals surface area contributed by atoms with Gasteiger partial charge in [-0.3, -0.25) is 4.79 Å². The number of piperidine rings is 1. The van der Waals surface area contributed by atoms with Crippen LogP contribution in [0.15, 0.2) is 17.0 Å². The Balaban J connectivity index is 2.45. The molecule has 0 spiro atoms. The molecular formula is C14H18ClFN2O3S. The van der Waals surface area contributed by atoms with Crippen molar-refractivity contribution in [2.45, 2.75) is 37.6 Å². The zero-order chi connectivity index (χ0) is 16.7. The number of hydrogen-bond donors (Lipinski definition) is 1. The maximum absolute atomic E-state index is 13.5. The zero-order valence-corrected chi connectivity index (χ0v) is 13.9. The number of benzene rings is 1. The third-order valence-corrected chi connectivity index (χ3v) is 6.47. The first kappa shape index (κ1) is 17.2. The first-order valence-corrected chi connectivity index (χ1v) is 8.73. The lowest BCUT2D eigenvalue weighted by molar-refractivity contribution is -0.123.